The van der Waals surface area contributed by atoms with E-state index in [0.717, 1.165) is 51.3 Å². The van der Waals surface area contributed by atoms with Crippen molar-refractivity contribution in [3.63, 3.8) is 0 Å². The van der Waals surface area contributed by atoms with Gasteiger partial charge >= 0.3 is 5.97 Å². The number of carbonyl (C=O) groups excluding carboxylic acids is 1. The summed E-state index contributed by atoms with van der Waals surface area (Å²) >= 11 is 0. The predicted molar refractivity (Wildman–Crippen MR) is 140 cm³/mol. The van der Waals surface area contributed by atoms with Crippen LogP contribution in [0, 0.1) is 0 Å². The number of aromatic hydroxyl groups is 1. The van der Waals surface area contributed by atoms with Crippen molar-refractivity contribution < 1.29 is 14.6 Å². The highest BCUT2D eigenvalue weighted by molar-refractivity contribution is 5.85. The minimum absolute atomic E-state index is 0.102. The van der Waals surface area contributed by atoms with E-state index in [2.05, 4.69) is 21.9 Å². The second-order valence-electron chi connectivity index (χ2n) is 8.71. The van der Waals surface area contributed by atoms with Crippen molar-refractivity contribution in [1.82, 2.24) is 9.80 Å². The maximum atomic E-state index is 11.5. The lowest BCUT2D eigenvalue weighted by Crippen LogP contribution is -2.46. The Bertz CT molecular complexity index is 1040. The van der Waals surface area contributed by atoms with Crippen LogP contribution in [-0.2, 0) is 16.1 Å². The summed E-state index contributed by atoms with van der Waals surface area (Å²) < 4.78 is 4.99. The topological polar surface area (TPSA) is 131 Å². The molecule has 35 heavy (non-hydrogen) atoms. The molecule has 0 radical (unpaired) electrons. The lowest BCUT2D eigenvalue weighted by Gasteiger charge is -2.34. The van der Waals surface area contributed by atoms with Crippen molar-refractivity contribution >= 4 is 17.2 Å². The van der Waals surface area contributed by atoms with Crippen LogP contribution in [0.2, 0.25) is 0 Å². The number of esters is 1. The maximum absolute atomic E-state index is 11.5. The number of phenolic OH excluding ortho intramolecular Hbond substituents is 1. The number of nitrogens with two attached hydrogens (primary N) is 3. The first-order valence-corrected chi connectivity index (χ1v) is 12.1. The highest BCUT2D eigenvalue weighted by Crippen LogP contribution is 2.26. The number of carbonyl (C=O) groups is 1. The van der Waals surface area contributed by atoms with Crippen LogP contribution in [0.4, 0.5) is 0 Å². The van der Waals surface area contributed by atoms with E-state index in [4.69, 9.17) is 21.9 Å². The van der Waals surface area contributed by atoms with Crippen LogP contribution in [-0.4, -0.2) is 60.2 Å². The third kappa shape index (κ3) is 7.77. The number of nitrogens with zero attached hydrogens (tertiary/aromatic N) is 2. The fourth-order valence-corrected chi connectivity index (χ4v) is 4.18. The number of hydrogen-bond acceptors (Lipinski definition) is 8. The molecule has 7 N–H and O–H groups in total. The summed E-state index contributed by atoms with van der Waals surface area (Å²) in [4.78, 5) is 16.3. The molecule has 0 aromatic heterocycles. The van der Waals surface area contributed by atoms with Gasteiger partial charge in [-0.25, -0.2) is 0 Å². The standard InChI is InChI=1S/C27H37N5O3/c1-2-35-26(34)8-5-13-31-14-16-32(17-15-31)19-20-9-11-21(12-10-20)23(27(29)30)18-24(28)22-6-3-4-7-25(22)33/h3-4,6-7,9-12,18,33H,2,5,8,13-17,19,28-30H2,1H3/b24-18-. The first-order valence-electron chi connectivity index (χ1n) is 12.1. The van der Waals surface area contributed by atoms with Crippen LogP contribution < -0.4 is 17.2 Å². The average Bonchev–Trinajstić information content (AvgIpc) is 2.84. The van der Waals surface area contributed by atoms with Crippen molar-refractivity contribution in [2.24, 2.45) is 17.2 Å². The van der Waals surface area contributed by atoms with Crippen LogP contribution in [0.3, 0.4) is 0 Å². The zero-order valence-electron chi connectivity index (χ0n) is 20.5. The van der Waals surface area contributed by atoms with E-state index in [1.807, 2.05) is 25.1 Å². The van der Waals surface area contributed by atoms with Gasteiger partial charge < -0.3 is 31.9 Å². The van der Waals surface area contributed by atoms with Crippen molar-refractivity contribution in [2.75, 3.05) is 39.3 Å². The molecule has 8 nitrogen and oxygen atoms in total. The van der Waals surface area contributed by atoms with Crippen molar-refractivity contribution in [3.05, 3.63) is 77.1 Å². The molecule has 0 spiro atoms. The van der Waals surface area contributed by atoms with E-state index < -0.39 is 0 Å². The van der Waals surface area contributed by atoms with Gasteiger partial charge in [0, 0.05) is 56.0 Å². The molecular formula is C27H37N5O3. The van der Waals surface area contributed by atoms with Crippen LogP contribution in [0.1, 0.15) is 36.5 Å². The summed E-state index contributed by atoms with van der Waals surface area (Å²) in [6.45, 7) is 8.03. The van der Waals surface area contributed by atoms with Crippen LogP contribution in [0.5, 0.6) is 5.75 Å². The van der Waals surface area contributed by atoms with E-state index >= 15 is 0 Å². The molecule has 2 aromatic carbocycles. The fraction of sp³-hybridized carbons (Fsp3) is 0.370. The molecule has 0 bridgehead atoms. The quantitative estimate of drug-likeness (QED) is 0.302. The molecule has 0 saturated carbocycles. The third-order valence-corrected chi connectivity index (χ3v) is 6.12. The summed E-state index contributed by atoms with van der Waals surface area (Å²) in [5.74, 6) is 0.154. The van der Waals surface area contributed by atoms with Gasteiger partial charge in [-0.3, -0.25) is 9.69 Å². The third-order valence-electron chi connectivity index (χ3n) is 6.12. The molecule has 0 atom stereocenters. The summed E-state index contributed by atoms with van der Waals surface area (Å²) in [7, 11) is 0. The van der Waals surface area contributed by atoms with Gasteiger partial charge in [-0.2, -0.15) is 0 Å². The van der Waals surface area contributed by atoms with Crippen molar-refractivity contribution in [3.8, 4) is 5.75 Å². The normalized spacial score (nSPS) is 15.1. The van der Waals surface area contributed by atoms with Crippen LogP contribution in [0.15, 0.2) is 60.4 Å². The van der Waals surface area contributed by atoms with Gasteiger partial charge in [-0.05, 0) is 49.2 Å². The second-order valence-corrected chi connectivity index (χ2v) is 8.71. The Kier molecular flexibility index (Phi) is 9.57. The highest BCUT2D eigenvalue weighted by Gasteiger charge is 2.17. The minimum Gasteiger partial charge on any atom is -0.507 e. The monoisotopic (exact) mass is 479 g/mol. The Morgan fingerprint density at radius 2 is 1.66 bits per heavy atom. The Labute approximate surface area is 207 Å². The second kappa shape index (κ2) is 12.8. The van der Waals surface area contributed by atoms with Crippen molar-refractivity contribution in [1.29, 1.82) is 0 Å². The van der Waals surface area contributed by atoms with E-state index in [1.165, 1.54) is 5.56 Å². The number of rotatable bonds is 10. The number of para-hydroxylation sites is 1. The number of ether oxygens (including phenoxy) is 1. The Hall–Kier alpha value is -3.49. The van der Waals surface area contributed by atoms with E-state index in [9.17, 15) is 9.90 Å². The van der Waals surface area contributed by atoms with Crippen LogP contribution in [0.25, 0.3) is 11.3 Å². The largest absolute Gasteiger partial charge is 0.507 e. The molecule has 1 saturated heterocycles. The Morgan fingerprint density at radius 3 is 2.29 bits per heavy atom. The molecule has 0 aliphatic carbocycles. The molecule has 1 fully saturated rings. The zero-order valence-corrected chi connectivity index (χ0v) is 20.5. The van der Waals surface area contributed by atoms with E-state index in [-0.39, 0.29) is 17.5 Å². The molecule has 1 heterocycles. The highest BCUT2D eigenvalue weighted by atomic mass is 16.5. The molecule has 0 unspecified atom stereocenters. The van der Waals surface area contributed by atoms with Gasteiger partial charge in [0.15, 0.2) is 0 Å². The van der Waals surface area contributed by atoms with Gasteiger partial charge in [0.1, 0.15) is 11.6 Å². The van der Waals surface area contributed by atoms with E-state index in [0.29, 0.717) is 29.9 Å². The Morgan fingerprint density at radius 1 is 1.00 bits per heavy atom. The Balaban J connectivity index is 1.54. The minimum atomic E-state index is -0.111. The number of phenols is 1. The number of hydrogen-bond donors (Lipinski definition) is 4. The van der Waals surface area contributed by atoms with Gasteiger partial charge in [0.05, 0.1) is 6.61 Å². The van der Waals surface area contributed by atoms with Gasteiger partial charge in [-0.15, -0.1) is 0 Å². The van der Waals surface area contributed by atoms with E-state index in [1.54, 1.807) is 24.3 Å². The summed E-state index contributed by atoms with van der Waals surface area (Å²) in [5.41, 5.74) is 21.7. The number of piperazine rings is 1. The zero-order chi connectivity index (χ0) is 25.2. The lowest BCUT2D eigenvalue weighted by molar-refractivity contribution is -0.143. The fourth-order valence-electron chi connectivity index (χ4n) is 4.18. The first-order chi connectivity index (χ1) is 16.9. The van der Waals surface area contributed by atoms with Gasteiger partial charge in [-0.1, -0.05) is 36.4 Å². The van der Waals surface area contributed by atoms with Crippen molar-refractivity contribution in [2.45, 2.75) is 26.3 Å². The van der Waals surface area contributed by atoms with Crippen LogP contribution >= 0.6 is 0 Å². The first kappa shape index (κ1) is 26.1. The molecule has 1 aliphatic rings. The summed E-state index contributed by atoms with van der Waals surface area (Å²) in [5, 5.41) is 10.1. The molecular weight excluding hydrogens is 442 g/mol. The molecule has 188 valence electrons. The molecule has 3 rings (SSSR count). The molecule has 1 aliphatic heterocycles. The number of allylic oxidation sites excluding steroid dienone is 2. The van der Waals surface area contributed by atoms with Gasteiger partial charge in [0.25, 0.3) is 0 Å². The molecule has 0 amide bonds. The predicted octanol–water partition coefficient (Wildman–Crippen LogP) is 2.44. The summed E-state index contributed by atoms with van der Waals surface area (Å²) in [6.07, 6.45) is 3.02. The van der Waals surface area contributed by atoms with Gasteiger partial charge in [0.2, 0.25) is 0 Å². The average molecular weight is 480 g/mol. The molecule has 2 aromatic rings. The lowest BCUT2D eigenvalue weighted by atomic mass is 10.0. The maximum Gasteiger partial charge on any atom is 0.305 e. The smallest absolute Gasteiger partial charge is 0.305 e. The number of benzene rings is 2. The SMILES string of the molecule is CCOC(=O)CCCN1CCN(Cc2ccc(C(/C=C(\N)c3ccccc3O)=C(N)N)cc2)CC1. The molecule has 8 heteroatoms. The summed E-state index contributed by atoms with van der Waals surface area (Å²) in [6, 6.07) is 15.0.